The second kappa shape index (κ2) is 9.01. The molecule has 4 N–H and O–H groups in total. The fourth-order valence-electron chi connectivity index (χ4n) is 3.07. The molecule has 2 aromatic carbocycles. The Morgan fingerprint density at radius 3 is 2.19 bits per heavy atom. The van der Waals surface area contributed by atoms with Gasteiger partial charge in [0.15, 0.2) is 0 Å². The van der Waals surface area contributed by atoms with Crippen molar-refractivity contribution in [2.24, 2.45) is 5.73 Å². The summed E-state index contributed by atoms with van der Waals surface area (Å²) >= 11 is 6.30. The van der Waals surface area contributed by atoms with Gasteiger partial charge in [-0.05, 0) is 69.3 Å². The Morgan fingerprint density at radius 2 is 1.65 bits per heavy atom. The summed E-state index contributed by atoms with van der Waals surface area (Å²) < 4.78 is 1.65. The minimum atomic E-state index is -0.566. The smallest absolute Gasteiger partial charge is 0.255 e. The van der Waals surface area contributed by atoms with Gasteiger partial charge >= 0.3 is 0 Å². The van der Waals surface area contributed by atoms with Crippen LogP contribution in [0, 0.1) is 13.8 Å². The van der Waals surface area contributed by atoms with Crippen LogP contribution in [0.3, 0.4) is 0 Å². The van der Waals surface area contributed by atoms with E-state index in [1.165, 1.54) is 24.3 Å². The molecular weight excluding hydrogens is 418 g/mol. The summed E-state index contributed by atoms with van der Waals surface area (Å²) in [6, 6.07) is 12.1. The summed E-state index contributed by atoms with van der Waals surface area (Å²) in [6.07, 6.45) is 0. The molecule has 0 aliphatic heterocycles. The van der Waals surface area contributed by atoms with E-state index in [9.17, 15) is 14.4 Å². The van der Waals surface area contributed by atoms with Crippen LogP contribution >= 0.6 is 11.6 Å². The average molecular weight is 440 g/mol. The highest BCUT2D eigenvalue weighted by Crippen LogP contribution is 2.27. The van der Waals surface area contributed by atoms with E-state index in [1.807, 2.05) is 19.9 Å². The molecule has 1 aromatic heterocycles. The number of hydrogen-bond donors (Lipinski definition) is 3. The lowest BCUT2D eigenvalue weighted by Gasteiger charge is -2.16. The van der Waals surface area contributed by atoms with E-state index in [0.717, 1.165) is 11.4 Å². The number of benzene rings is 2. The molecule has 0 saturated carbocycles. The number of aryl methyl sites for hydroxylation is 2. The van der Waals surface area contributed by atoms with Gasteiger partial charge in [0.25, 0.3) is 5.91 Å². The van der Waals surface area contributed by atoms with Crippen molar-refractivity contribution in [1.82, 2.24) is 9.78 Å². The number of primary amides is 1. The summed E-state index contributed by atoms with van der Waals surface area (Å²) in [7, 11) is 0. The molecule has 0 aliphatic carbocycles. The molecule has 3 amide bonds. The van der Waals surface area contributed by atoms with Gasteiger partial charge in [-0.25, -0.2) is 0 Å². The number of carbonyl (C=O) groups is 3. The highest BCUT2D eigenvalue weighted by molar-refractivity contribution is 6.34. The fraction of sp³-hybridized carbons (Fsp3) is 0.182. The van der Waals surface area contributed by atoms with Crippen molar-refractivity contribution in [3.8, 4) is 0 Å². The third-order valence-corrected chi connectivity index (χ3v) is 5.02. The van der Waals surface area contributed by atoms with E-state index in [4.69, 9.17) is 17.3 Å². The van der Waals surface area contributed by atoms with Gasteiger partial charge in [0.1, 0.15) is 6.04 Å². The Hall–Kier alpha value is -3.65. The number of carbonyl (C=O) groups excluding carboxylic acids is 3. The summed E-state index contributed by atoms with van der Waals surface area (Å²) in [5.41, 5.74) is 8.47. The topological polar surface area (TPSA) is 119 Å². The van der Waals surface area contributed by atoms with Crippen LogP contribution in [0.2, 0.25) is 5.02 Å². The lowest BCUT2D eigenvalue weighted by atomic mass is 10.1. The van der Waals surface area contributed by atoms with E-state index >= 15 is 0 Å². The van der Waals surface area contributed by atoms with Gasteiger partial charge in [-0.3, -0.25) is 19.1 Å². The number of amides is 3. The number of rotatable bonds is 6. The lowest BCUT2D eigenvalue weighted by molar-refractivity contribution is -0.119. The largest absolute Gasteiger partial charge is 0.366 e. The Bertz CT molecular complexity index is 1150. The van der Waals surface area contributed by atoms with E-state index in [0.29, 0.717) is 22.5 Å². The second-order valence-corrected chi connectivity index (χ2v) is 7.53. The highest BCUT2D eigenvalue weighted by Gasteiger charge is 2.19. The van der Waals surface area contributed by atoms with Gasteiger partial charge in [-0.15, -0.1) is 0 Å². The van der Waals surface area contributed by atoms with Gasteiger partial charge < -0.3 is 16.4 Å². The summed E-state index contributed by atoms with van der Waals surface area (Å²) in [5.74, 6) is -1.20. The predicted octanol–water partition coefficient (Wildman–Crippen LogP) is 3.70. The minimum Gasteiger partial charge on any atom is -0.366 e. The maximum Gasteiger partial charge on any atom is 0.255 e. The molecule has 9 heteroatoms. The molecule has 0 spiro atoms. The zero-order valence-corrected chi connectivity index (χ0v) is 18.0. The molecule has 1 unspecified atom stereocenters. The van der Waals surface area contributed by atoms with Crippen molar-refractivity contribution >= 4 is 40.7 Å². The van der Waals surface area contributed by atoms with Gasteiger partial charge in [-0.2, -0.15) is 5.10 Å². The molecule has 0 aliphatic rings. The first kappa shape index (κ1) is 22.0. The number of halogens is 1. The highest BCUT2D eigenvalue weighted by atomic mass is 35.5. The second-order valence-electron chi connectivity index (χ2n) is 7.13. The molecule has 160 valence electrons. The van der Waals surface area contributed by atoms with Crippen molar-refractivity contribution in [3.05, 3.63) is 76.1 Å². The average Bonchev–Trinajstić information content (AvgIpc) is 3.07. The van der Waals surface area contributed by atoms with Crippen LogP contribution in [0.4, 0.5) is 11.4 Å². The van der Waals surface area contributed by atoms with Crippen LogP contribution in [-0.2, 0) is 4.79 Å². The third kappa shape index (κ3) is 5.10. The van der Waals surface area contributed by atoms with Crippen LogP contribution in [0.1, 0.15) is 45.1 Å². The summed E-state index contributed by atoms with van der Waals surface area (Å²) in [4.78, 5) is 36.1. The number of anilines is 2. The Kier molecular flexibility index (Phi) is 6.41. The zero-order valence-electron chi connectivity index (χ0n) is 17.3. The molecule has 0 bridgehead atoms. The lowest BCUT2D eigenvalue weighted by Crippen LogP contribution is -2.25. The number of aromatic nitrogens is 2. The molecular formula is C22H22ClN5O3. The fourth-order valence-corrected chi connectivity index (χ4v) is 3.30. The van der Waals surface area contributed by atoms with E-state index in [2.05, 4.69) is 15.7 Å². The van der Waals surface area contributed by atoms with Crippen molar-refractivity contribution < 1.29 is 14.4 Å². The molecule has 1 atom stereocenters. The zero-order chi connectivity index (χ0) is 22.7. The minimum absolute atomic E-state index is 0.264. The van der Waals surface area contributed by atoms with Crippen molar-refractivity contribution in [3.63, 3.8) is 0 Å². The van der Waals surface area contributed by atoms with Crippen LogP contribution in [0.5, 0.6) is 0 Å². The van der Waals surface area contributed by atoms with E-state index in [1.54, 1.807) is 29.8 Å². The molecule has 3 rings (SSSR count). The van der Waals surface area contributed by atoms with Gasteiger partial charge in [0.05, 0.1) is 16.4 Å². The number of hydrogen-bond acceptors (Lipinski definition) is 4. The van der Waals surface area contributed by atoms with E-state index < -0.39 is 11.9 Å². The van der Waals surface area contributed by atoms with Crippen molar-refractivity contribution in [1.29, 1.82) is 0 Å². The van der Waals surface area contributed by atoms with Gasteiger partial charge in [0, 0.05) is 22.5 Å². The summed E-state index contributed by atoms with van der Waals surface area (Å²) in [6.45, 7) is 5.50. The summed E-state index contributed by atoms with van der Waals surface area (Å²) in [5, 5.41) is 10.1. The monoisotopic (exact) mass is 439 g/mol. The first-order valence-corrected chi connectivity index (χ1v) is 9.88. The van der Waals surface area contributed by atoms with Crippen LogP contribution in [-0.4, -0.2) is 27.5 Å². The van der Waals surface area contributed by atoms with Crippen molar-refractivity contribution in [2.75, 3.05) is 10.6 Å². The van der Waals surface area contributed by atoms with Crippen LogP contribution in [0.25, 0.3) is 0 Å². The standard InChI is InChI=1S/C22H22ClN5O3/c1-12-10-13(2)28(27-12)14(3)21(30)26-19-9-8-17(11-18(19)23)25-22(31)16-6-4-15(5-7-16)20(24)29/h4-11,14H,1-3H3,(H2,24,29)(H,25,31)(H,26,30). The number of nitrogens with two attached hydrogens (primary N) is 1. The molecule has 3 aromatic rings. The Morgan fingerprint density at radius 1 is 1.00 bits per heavy atom. The maximum absolute atomic E-state index is 12.6. The Labute approximate surface area is 184 Å². The van der Waals surface area contributed by atoms with Crippen LogP contribution < -0.4 is 16.4 Å². The van der Waals surface area contributed by atoms with Crippen LogP contribution in [0.15, 0.2) is 48.5 Å². The molecule has 1 heterocycles. The molecule has 8 nitrogen and oxygen atoms in total. The number of nitrogens with one attached hydrogen (secondary N) is 2. The van der Waals surface area contributed by atoms with Gasteiger partial charge in [-0.1, -0.05) is 11.6 Å². The quantitative estimate of drug-likeness (QED) is 0.542. The van der Waals surface area contributed by atoms with E-state index in [-0.39, 0.29) is 16.8 Å². The molecule has 31 heavy (non-hydrogen) atoms. The number of nitrogens with zero attached hydrogens (tertiary/aromatic N) is 2. The molecule has 0 saturated heterocycles. The maximum atomic E-state index is 12.6. The first-order chi connectivity index (χ1) is 14.7. The SMILES string of the molecule is Cc1cc(C)n(C(C)C(=O)Nc2ccc(NC(=O)c3ccc(C(N)=O)cc3)cc2Cl)n1. The third-order valence-electron chi connectivity index (χ3n) is 4.71. The van der Waals surface area contributed by atoms with Crippen molar-refractivity contribution in [2.45, 2.75) is 26.8 Å². The predicted molar refractivity (Wildman–Crippen MR) is 119 cm³/mol. The normalized spacial score (nSPS) is 11.6. The molecule has 0 fully saturated rings. The first-order valence-electron chi connectivity index (χ1n) is 9.50. The Balaban J connectivity index is 1.68. The van der Waals surface area contributed by atoms with Gasteiger partial charge in [0.2, 0.25) is 11.8 Å². The molecule has 0 radical (unpaired) electrons.